The third-order valence-electron chi connectivity index (χ3n) is 4.43. The van der Waals surface area contributed by atoms with E-state index in [2.05, 4.69) is 15.8 Å². The standard InChI is InChI=1S/C20H25N3O4/c1-3-17-19(13(2)27-23-17)20(25)21-11-10-14-4-8-16(9-5-14)26-12-18(24)22-15-6-7-15/h4-5,8-9,15H,3,6-7,10-12H2,1-2H3,(H,21,25)(H,22,24). The highest BCUT2D eigenvalue weighted by atomic mass is 16.5. The topological polar surface area (TPSA) is 93.5 Å². The number of hydrogen-bond donors (Lipinski definition) is 2. The third kappa shape index (κ3) is 5.32. The number of nitrogens with zero attached hydrogens (tertiary/aromatic N) is 1. The van der Waals surface area contributed by atoms with Crippen molar-refractivity contribution in [1.82, 2.24) is 15.8 Å². The van der Waals surface area contributed by atoms with Crippen molar-refractivity contribution in [2.45, 2.75) is 45.6 Å². The van der Waals surface area contributed by atoms with Crippen LogP contribution in [0.2, 0.25) is 0 Å². The SMILES string of the molecule is CCc1noc(C)c1C(=O)NCCc1ccc(OCC(=O)NC2CC2)cc1. The molecule has 144 valence electrons. The smallest absolute Gasteiger partial charge is 0.258 e. The zero-order chi connectivity index (χ0) is 19.2. The predicted octanol–water partition coefficient (Wildman–Crippen LogP) is 2.18. The van der Waals surface area contributed by atoms with Gasteiger partial charge in [-0.05, 0) is 50.3 Å². The lowest BCUT2D eigenvalue weighted by Gasteiger charge is -2.08. The van der Waals surface area contributed by atoms with E-state index < -0.39 is 0 Å². The molecule has 7 heteroatoms. The molecule has 1 saturated carbocycles. The molecule has 0 bridgehead atoms. The lowest BCUT2D eigenvalue weighted by atomic mass is 10.1. The largest absolute Gasteiger partial charge is 0.484 e. The summed E-state index contributed by atoms with van der Waals surface area (Å²) in [6.07, 6.45) is 3.47. The Balaban J connectivity index is 1.42. The summed E-state index contributed by atoms with van der Waals surface area (Å²) in [5.41, 5.74) is 2.28. The molecule has 0 unspecified atom stereocenters. The van der Waals surface area contributed by atoms with Crippen LogP contribution in [0.15, 0.2) is 28.8 Å². The summed E-state index contributed by atoms with van der Waals surface area (Å²) in [6.45, 7) is 4.22. The molecular formula is C20H25N3O4. The summed E-state index contributed by atoms with van der Waals surface area (Å²) in [6, 6.07) is 7.88. The van der Waals surface area contributed by atoms with Crippen LogP contribution in [-0.2, 0) is 17.6 Å². The zero-order valence-electron chi connectivity index (χ0n) is 15.7. The van der Waals surface area contributed by atoms with Gasteiger partial charge < -0.3 is 19.9 Å². The highest BCUT2D eigenvalue weighted by molar-refractivity contribution is 5.96. The van der Waals surface area contributed by atoms with Crippen LogP contribution in [-0.4, -0.2) is 36.2 Å². The van der Waals surface area contributed by atoms with Gasteiger partial charge >= 0.3 is 0 Å². The molecule has 1 aromatic carbocycles. The van der Waals surface area contributed by atoms with Crippen LogP contribution in [0.3, 0.4) is 0 Å². The minimum Gasteiger partial charge on any atom is -0.484 e. The molecule has 2 aromatic rings. The second-order valence-electron chi connectivity index (χ2n) is 6.69. The van der Waals surface area contributed by atoms with Crippen LogP contribution in [0, 0.1) is 6.92 Å². The molecule has 2 N–H and O–H groups in total. The van der Waals surface area contributed by atoms with Gasteiger partial charge in [0.05, 0.1) is 5.69 Å². The molecule has 0 radical (unpaired) electrons. The van der Waals surface area contributed by atoms with Crippen LogP contribution >= 0.6 is 0 Å². The summed E-state index contributed by atoms with van der Waals surface area (Å²) in [5, 5.41) is 9.69. The fourth-order valence-electron chi connectivity index (χ4n) is 2.76. The number of ether oxygens (including phenoxy) is 1. The summed E-state index contributed by atoms with van der Waals surface area (Å²) in [7, 11) is 0. The third-order valence-corrected chi connectivity index (χ3v) is 4.43. The Labute approximate surface area is 158 Å². The van der Waals surface area contributed by atoms with Crippen LogP contribution in [0.4, 0.5) is 0 Å². The van der Waals surface area contributed by atoms with Crippen molar-refractivity contribution < 1.29 is 18.8 Å². The highest BCUT2D eigenvalue weighted by Crippen LogP contribution is 2.18. The maximum absolute atomic E-state index is 12.3. The number of carbonyl (C=O) groups is 2. The van der Waals surface area contributed by atoms with Gasteiger partial charge in [0.25, 0.3) is 11.8 Å². The molecule has 1 fully saturated rings. The molecule has 0 aliphatic heterocycles. The number of nitrogens with one attached hydrogen (secondary N) is 2. The summed E-state index contributed by atoms with van der Waals surface area (Å²) >= 11 is 0. The van der Waals surface area contributed by atoms with Crippen molar-refractivity contribution in [3.63, 3.8) is 0 Å². The van der Waals surface area contributed by atoms with Crippen LogP contribution in [0.5, 0.6) is 5.75 Å². The van der Waals surface area contributed by atoms with Gasteiger partial charge in [-0.15, -0.1) is 0 Å². The van der Waals surface area contributed by atoms with E-state index in [1.165, 1.54) is 0 Å². The summed E-state index contributed by atoms with van der Waals surface area (Å²) in [5.74, 6) is 0.949. The highest BCUT2D eigenvalue weighted by Gasteiger charge is 2.23. The average Bonchev–Trinajstić information content (AvgIpc) is 3.39. The van der Waals surface area contributed by atoms with E-state index >= 15 is 0 Å². The lowest BCUT2D eigenvalue weighted by Crippen LogP contribution is -2.30. The minimum atomic E-state index is -0.160. The first-order valence-electron chi connectivity index (χ1n) is 9.31. The van der Waals surface area contributed by atoms with Crippen molar-refractivity contribution in [3.8, 4) is 5.75 Å². The van der Waals surface area contributed by atoms with Crippen molar-refractivity contribution in [1.29, 1.82) is 0 Å². The van der Waals surface area contributed by atoms with Crippen LogP contribution in [0.1, 0.15) is 47.1 Å². The Kier molecular flexibility index (Phi) is 6.11. The van der Waals surface area contributed by atoms with E-state index in [9.17, 15) is 9.59 Å². The fraction of sp³-hybridized carbons (Fsp3) is 0.450. The average molecular weight is 371 g/mol. The maximum atomic E-state index is 12.3. The van der Waals surface area contributed by atoms with E-state index in [-0.39, 0.29) is 18.4 Å². The van der Waals surface area contributed by atoms with Gasteiger partial charge in [-0.1, -0.05) is 24.2 Å². The Bertz CT molecular complexity index is 794. The molecule has 27 heavy (non-hydrogen) atoms. The maximum Gasteiger partial charge on any atom is 0.258 e. The van der Waals surface area contributed by atoms with E-state index in [0.29, 0.717) is 48.2 Å². The monoisotopic (exact) mass is 371 g/mol. The Morgan fingerprint density at radius 1 is 1.26 bits per heavy atom. The summed E-state index contributed by atoms with van der Waals surface area (Å²) < 4.78 is 10.6. The van der Waals surface area contributed by atoms with Gasteiger partial charge in [-0.3, -0.25) is 9.59 Å². The quantitative estimate of drug-likeness (QED) is 0.705. The number of amides is 2. The molecule has 0 spiro atoms. The number of aryl methyl sites for hydroxylation is 2. The molecule has 0 atom stereocenters. The second kappa shape index (κ2) is 8.70. The zero-order valence-corrected chi connectivity index (χ0v) is 15.7. The molecule has 1 heterocycles. The van der Waals surface area contributed by atoms with E-state index in [1.807, 2.05) is 31.2 Å². The number of aromatic nitrogens is 1. The molecule has 7 nitrogen and oxygen atoms in total. The van der Waals surface area contributed by atoms with Crippen molar-refractivity contribution >= 4 is 11.8 Å². The summed E-state index contributed by atoms with van der Waals surface area (Å²) in [4.78, 5) is 23.9. The van der Waals surface area contributed by atoms with Crippen molar-refractivity contribution in [3.05, 3.63) is 46.8 Å². The van der Waals surface area contributed by atoms with Gasteiger partial charge in [0.15, 0.2) is 6.61 Å². The van der Waals surface area contributed by atoms with Gasteiger partial charge in [0, 0.05) is 12.6 Å². The molecule has 2 amide bonds. The van der Waals surface area contributed by atoms with Gasteiger partial charge in [-0.25, -0.2) is 0 Å². The molecule has 1 aliphatic carbocycles. The Morgan fingerprint density at radius 2 is 2.00 bits per heavy atom. The number of hydrogen-bond acceptors (Lipinski definition) is 5. The van der Waals surface area contributed by atoms with E-state index in [4.69, 9.17) is 9.26 Å². The fourth-order valence-corrected chi connectivity index (χ4v) is 2.76. The Morgan fingerprint density at radius 3 is 2.67 bits per heavy atom. The van der Waals surface area contributed by atoms with E-state index in [0.717, 1.165) is 18.4 Å². The number of carbonyl (C=O) groups excluding carboxylic acids is 2. The van der Waals surface area contributed by atoms with Crippen LogP contribution in [0.25, 0.3) is 0 Å². The number of benzene rings is 1. The normalized spacial score (nSPS) is 13.3. The molecule has 1 aromatic heterocycles. The molecule has 0 saturated heterocycles. The Hall–Kier alpha value is -2.83. The molecular weight excluding hydrogens is 346 g/mol. The van der Waals surface area contributed by atoms with Gasteiger partial charge in [0.1, 0.15) is 17.1 Å². The van der Waals surface area contributed by atoms with Crippen molar-refractivity contribution in [2.24, 2.45) is 0 Å². The van der Waals surface area contributed by atoms with E-state index in [1.54, 1.807) is 6.92 Å². The second-order valence-corrected chi connectivity index (χ2v) is 6.69. The van der Waals surface area contributed by atoms with Gasteiger partial charge in [-0.2, -0.15) is 0 Å². The minimum absolute atomic E-state index is 0.0315. The number of rotatable bonds is 9. The molecule has 3 rings (SSSR count). The van der Waals surface area contributed by atoms with Gasteiger partial charge in [0.2, 0.25) is 0 Å². The van der Waals surface area contributed by atoms with Crippen molar-refractivity contribution in [2.75, 3.05) is 13.2 Å². The first-order valence-corrected chi connectivity index (χ1v) is 9.31. The predicted molar refractivity (Wildman–Crippen MR) is 99.8 cm³/mol. The van der Waals surface area contributed by atoms with Crippen LogP contribution < -0.4 is 15.4 Å². The molecule has 1 aliphatic rings. The first kappa shape index (κ1) is 18.9. The lowest BCUT2D eigenvalue weighted by molar-refractivity contribution is -0.123. The first-order chi connectivity index (χ1) is 13.1.